The number of aromatic hydroxyl groups is 2. The fourth-order valence-corrected chi connectivity index (χ4v) is 11.2. The van der Waals surface area contributed by atoms with Crippen LogP contribution >= 0.6 is 0 Å². The van der Waals surface area contributed by atoms with Gasteiger partial charge in [-0.05, 0) is 146 Å². The van der Waals surface area contributed by atoms with Crippen LogP contribution in [0.25, 0.3) is 10.8 Å². The molecular formula is C30H36O2. The van der Waals surface area contributed by atoms with Crippen molar-refractivity contribution in [2.24, 2.45) is 35.5 Å². The third-order valence-corrected chi connectivity index (χ3v) is 11.4. The maximum atomic E-state index is 11.3. The molecule has 8 fully saturated rings. The molecular weight excluding hydrogens is 392 g/mol. The van der Waals surface area contributed by atoms with Gasteiger partial charge in [-0.3, -0.25) is 0 Å². The SMILES string of the molecule is Oc1ccc2c(C34CC5CC(CC(C5)C3)C4)ccc(C34CC5CC(CC(C5)C3)C4)c2c1O. The Morgan fingerprint density at radius 3 is 1.41 bits per heavy atom. The average Bonchev–Trinajstić information content (AvgIpc) is 2.74. The molecule has 2 N–H and O–H groups in total. The third-order valence-electron chi connectivity index (χ3n) is 11.4. The lowest BCUT2D eigenvalue weighted by molar-refractivity contribution is -0.00593. The molecule has 0 atom stereocenters. The van der Waals surface area contributed by atoms with Crippen molar-refractivity contribution in [3.05, 3.63) is 35.4 Å². The largest absolute Gasteiger partial charge is 0.504 e. The van der Waals surface area contributed by atoms with E-state index in [2.05, 4.69) is 18.2 Å². The minimum absolute atomic E-state index is 0.0612. The van der Waals surface area contributed by atoms with Crippen molar-refractivity contribution in [1.29, 1.82) is 0 Å². The first-order chi connectivity index (χ1) is 15.5. The molecule has 32 heavy (non-hydrogen) atoms. The Morgan fingerprint density at radius 1 is 0.531 bits per heavy atom. The Morgan fingerprint density at radius 2 is 0.938 bits per heavy atom. The van der Waals surface area contributed by atoms with Crippen molar-refractivity contribution in [3.8, 4) is 11.5 Å². The van der Waals surface area contributed by atoms with E-state index in [-0.39, 0.29) is 16.9 Å². The number of benzene rings is 2. The zero-order chi connectivity index (χ0) is 21.2. The van der Waals surface area contributed by atoms with Crippen LogP contribution in [-0.2, 0) is 10.8 Å². The monoisotopic (exact) mass is 428 g/mol. The molecule has 8 saturated carbocycles. The van der Waals surface area contributed by atoms with Crippen molar-refractivity contribution < 1.29 is 10.2 Å². The maximum Gasteiger partial charge on any atom is 0.165 e. The molecule has 0 saturated heterocycles. The molecule has 0 heterocycles. The highest BCUT2D eigenvalue weighted by molar-refractivity contribution is 5.97. The van der Waals surface area contributed by atoms with Crippen molar-refractivity contribution in [3.63, 3.8) is 0 Å². The number of hydrogen-bond acceptors (Lipinski definition) is 2. The molecule has 2 aromatic carbocycles. The molecule has 8 bridgehead atoms. The molecule has 0 unspecified atom stereocenters. The fourth-order valence-electron chi connectivity index (χ4n) is 11.2. The summed E-state index contributed by atoms with van der Waals surface area (Å²) in [4.78, 5) is 0. The molecule has 0 spiro atoms. The summed E-state index contributed by atoms with van der Waals surface area (Å²) >= 11 is 0. The zero-order valence-electron chi connectivity index (χ0n) is 19.2. The minimum atomic E-state index is 0.0612. The molecule has 8 aliphatic carbocycles. The number of phenols is 2. The van der Waals surface area contributed by atoms with E-state index in [4.69, 9.17) is 0 Å². The predicted molar refractivity (Wildman–Crippen MR) is 127 cm³/mol. The van der Waals surface area contributed by atoms with Gasteiger partial charge in [0.05, 0.1) is 0 Å². The smallest absolute Gasteiger partial charge is 0.165 e. The number of fused-ring (bicyclic) bond motifs is 1. The first kappa shape index (κ1) is 18.7. The molecule has 2 heteroatoms. The molecule has 8 aliphatic rings. The van der Waals surface area contributed by atoms with E-state index in [1.165, 1.54) is 93.6 Å². The standard InChI is InChI=1S/C30H36O2/c31-26-4-1-23-24(29-11-17-5-18(12-29)7-19(6-17)13-29)2-3-25(27(23)28(26)32)30-14-20-8-21(15-30)10-22(9-20)16-30/h1-4,17-22,31-32H,5-16H2. The number of rotatable bonds is 2. The topological polar surface area (TPSA) is 40.5 Å². The highest BCUT2D eigenvalue weighted by atomic mass is 16.3. The molecule has 2 nitrogen and oxygen atoms in total. The van der Waals surface area contributed by atoms with Crippen LogP contribution in [0.5, 0.6) is 11.5 Å². The van der Waals surface area contributed by atoms with E-state index in [1.807, 2.05) is 0 Å². The van der Waals surface area contributed by atoms with E-state index in [9.17, 15) is 10.2 Å². The van der Waals surface area contributed by atoms with Crippen LogP contribution in [0, 0.1) is 35.5 Å². The van der Waals surface area contributed by atoms with Crippen molar-refractivity contribution in [2.75, 3.05) is 0 Å². The predicted octanol–water partition coefficient (Wildman–Crippen LogP) is 7.19. The normalized spacial score (nSPS) is 45.8. The summed E-state index contributed by atoms with van der Waals surface area (Å²) in [7, 11) is 0. The highest BCUT2D eigenvalue weighted by Crippen LogP contribution is 2.65. The van der Waals surface area contributed by atoms with Crippen LogP contribution in [0.2, 0.25) is 0 Å². The zero-order valence-corrected chi connectivity index (χ0v) is 19.2. The Bertz CT molecular complexity index is 1060. The lowest BCUT2D eigenvalue weighted by Gasteiger charge is -2.58. The summed E-state index contributed by atoms with van der Waals surface area (Å²) in [5, 5.41) is 24.2. The maximum absolute atomic E-state index is 11.3. The van der Waals surface area contributed by atoms with Crippen LogP contribution < -0.4 is 0 Å². The molecule has 168 valence electrons. The molecule has 0 aliphatic heterocycles. The van der Waals surface area contributed by atoms with Gasteiger partial charge < -0.3 is 10.2 Å². The first-order valence-corrected chi connectivity index (χ1v) is 13.5. The highest BCUT2D eigenvalue weighted by Gasteiger charge is 2.54. The van der Waals surface area contributed by atoms with Crippen LogP contribution in [0.15, 0.2) is 24.3 Å². The van der Waals surface area contributed by atoms with Gasteiger partial charge in [-0.15, -0.1) is 0 Å². The lowest BCUT2D eigenvalue weighted by atomic mass is 9.46. The molecule has 0 aromatic heterocycles. The Labute approximate surface area is 191 Å². The van der Waals surface area contributed by atoms with Crippen molar-refractivity contribution >= 4 is 10.8 Å². The third kappa shape index (κ3) is 2.37. The first-order valence-electron chi connectivity index (χ1n) is 13.5. The summed E-state index contributed by atoms with van der Waals surface area (Å²) in [5.74, 6) is 5.56. The second-order valence-electron chi connectivity index (χ2n) is 13.4. The molecule has 0 amide bonds. The lowest BCUT2D eigenvalue weighted by Crippen LogP contribution is -2.49. The van der Waals surface area contributed by atoms with Crippen molar-refractivity contribution in [1.82, 2.24) is 0 Å². The quantitative estimate of drug-likeness (QED) is 0.497. The minimum Gasteiger partial charge on any atom is -0.504 e. The second-order valence-corrected chi connectivity index (χ2v) is 13.4. The molecule has 2 aromatic rings. The fraction of sp³-hybridized carbons (Fsp3) is 0.667. The molecule has 0 radical (unpaired) electrons. The van der Waals surface area contributed by atoms with E-state index in [1.54, 1.807) is 6.07 Å². The van der Waals surface area contributed by atoms with Gasteiger partial charge in [0.1, 0.15) is 0 Å². The average molecular weight is 429 g/mol. The molecule has 10 rings (SSSR count). The summed E-state index contributed by atoms with van der Waals surface area (Å²) in [6, 6.07) is 8.84. The van der Waals surface area contributed by atoms with Gasteiger partial charge in [-0.25, -0.2) is 0 Å². The summed E-state index contributed by atoms with van der Waals surface area (Å²) < 4.78 is 0. The van der Waals surface area contributed by atoms with Gasteiger partial charge in [-0.1, -0.05) is 18.2 Å². The van der Waals surface area contributed by atoms with Gasteiger partial charge in [0, 0.05) is 5.39 Å². The van der Waals surface area contributed by atoms with Gasteiger partial charge in [0.15, 0.2) is 11.5 Å². The summed E-state index contributed by atoms with van der Waals surface area (Å²) in [6.07, 6.45) is 16.5. The van der Waals surface area contributed by atoms with Crippen LogP contribution in [0.4, 0.5) is 0 Å². The second kappa shape index (κ2) is 6.05. The van der Waals surface area contributed by atoms with Gasteiger partial charge in [-0.2, -0.15) is 0 Å². The Hall–Kier alpha value is -1.70. The number of phenolic OH excluding ortho intramolecular Hbond substituents is 2. The Kier molecular flexibility index (Phi) is 3.53. The van der Waals surface area contributed by atoms with Gasteiger partial charge >= 0.3 is 0 Å². The van der Waals surface area contributed by atoms with Crippen LogP contribution in [0.3, 0.4) is 0 Å². The van der Waals surface area contributed by atoms with Gasteiger partial charge in [0.2, 0.25) is 0 Å². The van der Waals surface area contributed by atoms with Crippen LogP contribution in [0.1, 0.15) is 88.2 Å². The Balaban J connectivity index is 1.34. The van der Waals surface area contributed by atoms with E-state index in [0.29, 0.717) is 5.41 Å². The van der Waals surface area contributed by atoms with E-state index >= 15 is 0 Å². The summed E-state index contributed by atoms with van der Waals surface area (Å²) in [5.41, 5.74) is 3.39. The van der Waals surface area contributed by atoms with Crippen LogP contribution in [-0.4, -0.2) is 10.2 Å². The van der Waals surface area contributed by atoms with E-state index < -0.39 is 0 Å². The van der Waals surface area contributed by atoms with E-state index in [0.717, 1.165) is 40.9 Å². The summed E-state index contributed by atoms with van der Waals surface area (Å²) in [6.45, 7) is 0. The van der Waals surface area contributed by atoms with Crippen molar-refractivity contribution in [2.45, 2.75) is 87.9 Å². The van der Waals surface area contributed by atoms with Gasteiger partial charge in [0.25, 0.3) is 0 Å². The number of hydrogen-bond donors (Lipinski definition) is 2.